The molecular formula is C17H23NO2. The summed E-state index contributed by atoms with van der Waals surface area (Å²) in [5.41, 5.74) is 0.598. The van der Waals surface area contributed by atoms with Crippen LogP contribution in [0.2, 0.25) is 0 Å². The first kappa shape index (κ1) is 13.6. The molecule has 3 nitrogen and oxygen atoms in total. The Morgan fingerprint density at radius 1 is 1.35 bits per heavy atom. The van der Waals surface area contributed by atoms with Gasteiger partial charge in [0.1, 0.15) is 0 Å². The number of carbonyl (C=O) groups excluding carboxylic acids is 1. The average molecular weight is 273 g/mol. The number of rotatable bonds is 3. The van der Waals surface area contributed by atoms with Gasteiger partial charge in [-0.25, -0.2) is 0 Å². The maximum absolute atomic E-state index is 12.8. The summed E-state index contributed by atoms with van der Waals surface area (Å²) in [4.78, 5) is 14.8. The Kier molecular flexibility index (Phi) is 3.33. The highest BCUT2D eigenvalue weighted by Crippen LogP contribution is 2.50. The Bertz CT molecular complexity index is 499. The molecule has 1 amide bonds. The summed E-state index contributed by atoms with van der Waals surface area (Å²) < 4.78 is 6.23. The number of benzene rings is 1. The zero-order valence-electron chi connectivity index (χ0n) is 12.5. The molecule has 1 aromatic rings. The maximum atomic E-state index is 12.8. The van der Waals surface area contributed by atoms with Crippen LogP contribution in [0.4, 0.5) is 0 Å². The summed E-state index contributed by atoms with van der Waals surface area (Å²) >= 11 is 0. The van der Waals surface area contributed by atoms with Crippen LogP contribution in [0.15, 0.2) is 30.3 Å². The van der Waals surface area contributed by atoms with Crippen LogP contribution in [0, 0.1) is 11.8 Å². The molecule has 0 spiro atoms. The largest absolute Gasteiger partial charge is 0.349 e. The number of ether oxygens (including phenoxy) is 1. The molecule has 0 aliphatic carbocycles. The SMILES string of the molecule is CC[C@@H]1C[C@@]2(c3ccccc3)OC[C@H](C(C)C)N2C1=O. The molecule has 0 unspecified atom stereocenters. The van der Waals surface area contributed by atoms with Crippen molar-refractivity contribution in [2.24, 2.45) is 11.8 Å². The van der Waals surface area contributed by atoms with E-state index in [2.05, 4.69) is 32.9 Å². The first-order valence-corrected chi connectivity index (χ1v) is 7.63. The lowest BCUT2D eigenvalue weighted by Crippen LogP contribution is -2.45. The van der Waals surface area contributed by atoms with E-state index in [4.69, 9.17) is 4.74 Å². The monoisotopic (exact) mass is 273 g/mol. The van der Waals surface area contributed by atoms with E-state index >= 15 is 0 Å². The van der Waals surface area contributed by atoms with Gasteiger partial charge >= 0.3 is 0 Å². The molecule has 2 fully saturated rings. The molecule has 3 heteroatoms. The van der Waals surface area contributed by atoms with Crippen molar-refractivity contribution < 1.29 is 9.53 Å². The highest BCUT2D eigenvalue weighted by atomic mass is 16.5. The van der Waals surface area contributed by atoms with E-state index < -0.39 is 5.72 Å². The molecule has 108 valence electrons. The van der Waals surface area contributed by atoms with Crippen LogP contribution in [0.25, 0.3) is 0 Å². The number of amides is 1. The topological polar surface area (TPSA) is 29.5 Å². The van der Waals surface area contributed by atoms with Gasteiger partial charge in [0, 0.05) is 17.9 Å². The maximum Gasteiger partial charge on any atom is 0.228 e. The minimum Gasteiger partial charge on any atom is -0.349 e. The van der Waals surface area contributed by atoms with Crippen molar-refractivity contribution >= 4 is 5.91 Å². The predicted molar refractivity (Wildman–Crippen MR) is 77.9 cm³/mol. The molecule has 2 saturated heterocycles. The standard InChI is InChI=1S/C17H23NO2/c1-4-13-10-17(14-8-6-5-7-9-14)18(16(13)19)15(11-20-17)12(2)3/h5-9,12-13,15H,4,10-11H2,1-3H3/t13-,15-,17+/m1/s1. The molecule has 0 bridgehead atoms. The van der Waals surface area contributed by atoms with Gasteiger partial charge in [0.05, 0.1) is 12.6 Å². The Hall–Kier alpha value is -1.35. The molecule has 0 aromatic heterocycles. The van der Waals surface area contributed by atoms with Crippen LogP contribution in [0.1, 0.15) is 39.2 Å². The Labute approximate surface area is 120 Å². The van der Waals surface area contributed by atoms with E-state index in [1.807, 2.05) is 23.1 Å². The number of nitrogens with zero attached hydrogens (tertiary/aromatic N) is 1. The first-order valence-electron chi connectivity index (χ1n) is 7.63. The molecular weight excluding hydrogens is 250 g/mol. The molecule has 20 heavy (non-hydrogen) atoms. The predicted octanol–water partition coefficient (Wildman–Crippen LogP) is 3.15. The Morgan fingerprint density at radius 2 is 2.05 bits per heavy atom. The molecule has 2 heterocycles. The average Bonchev–Trinajstić information content (AvgIpc) is 2.97. The van der Waals surface area contributed by atoms with Gasteiger partial charge in [-0.15, -0.1) is 0 Å². The third-order valence-corrected chi connectivity index (χ3v) is 4.81. The van der Waals surface area contributed by atoms with E-state index in [0.717, 1.165) is 18.4 Å². The molecule has 1 aromatic carbocycles. The number of carbonyl (C=O) groups is 1. The van der Waals surface area contributed by atoms with Gasteiger partial charge in [-0.1, -0.05) is 51.1 Å². The summed E-state index contributed by atoms with van der Waals surface area (Å²) in [5.74, 6) is 0.782. The van der Waals surface area contributed by atoms with Crippen molar-refractivity contribution in [2.75, 3.05) is 6.61 Å². The van der Waals surface area contributed by atoms with Crippen molar-refractivity contribution in [2.45, 2.75) is 45.4 Å². The van der Waals surface area contributed by atoms with Gasteiger partial charge in [0.25, 0.3) is 0 Å². The highest BCUT2D eigenvalue weighted by Gasteiger charge is 2.59. The molecule has 3 atom stereocenters. The van der Waals surface area contributed by atoms with E-state index in [1.165, 1.54) is 0 Å². The second-order valence-corrected chi connectivity index (χ2v) is 6.29. The van der Waals surface area contributed by atoms with Crippen LogP contribution >= 0.6 is 0 Å². The third-order valence-electron chi connectivity index (χ3n) is 4.81. The fraction of sp³-hybridized carbons (Fsp3) is 0.588. The zero-order valence-corrected chi connectivity index (χ0v) is 12.5. The minimum atomic E-state index is -0.520. The second kappa shape index (κ2) is 4.88. The van der Waals surface area contributed by atoms with Gasteiger partial charge < -0.3 is 9.64 Å². The van der Waals surface area contributed by atoms with E-state index in [-0.39, 0.29) is 17.9 Å². The first-order chi connectivity index (χ1) is 9.60. The second-order valence-electron chi connectivity index (χ2n) is 6.29. The molecule has 2 aliphatic rings. The van der Waals surface area contributed by atoms with Crippen molar-refractivity contribution in [3.63, 3.8) is 0 Å². The van der Waals surface area contributed by atoms with Crippen molar-refractivity contribution in [3.8, 4) is 0 Å². The van der Waals surface area contributed by atoms with Gasteiger partial charge in [0.2, 0.25) is 5.91 Å². The molecule has 0 N–H and O–H groups in total. The summed E-state index contributed by atoms with van der Waals surface area (Å²) in [6.07, 6.45) is 1.67. The fourth-order valence-corrected chi connectivity index (χ4v) is 3.60. The zero-order chi connectivity index (χ0) is 14.3. The minimum absolute atomic E-state index is 0.0942. The molecule has 0 saturated carbocycles. The van der Waals surface area contributed by atoms with Crippen molar-refractivity contribution in [3.05, 3.63) is 35.9 Å². The van der Waals surface area contributed by atoms with E-state index in [1.54, 1.807) is 0 Å². The van der Waals surface area contributed by atoms with Gasteiger partial charge in [-0.05, 0) is 12.3 Å². The summed E-state index contributed by atoms with van der Waals surface area (Å²) in [6.45, 7) is 7.08. The highest BCUT2D eigenvalue weighted by molar-refractivity contribution is 5.83. The lowest BCUT2D eigenvalue weighted by molar-refractivity contribution is -0.141. The van der Waals surface area contributed by atoms with Gasteiger partial charge in [-0.3, -0.25) is 4.79 Å². The van der Waals surface area contributed by atoms with E-state index in [0.29, 0.717) is 12.5 Å². The number of hydrogen-bond donors (Lipinski definition) is 0. The summed E-state index contributed by atoms with van der Waals surface area (Å²) in [6, 6.07) is 10.4. The van der Waals surface area contributed by atoms with Gasteiger partial charge in [0.15, 0.2) is 5.72 Å². The smallest absolute Gasteiger partial charge is 0.228 e. The van der Waals surface area contributed by atoms with Crippen LogP contribution in [0.3, 0.4) is 0 Å². The normalized spacial score (nSPS) is 33.0. The summed E-state index contributed by atoms with van der Waals surface area (Å²) in [7, 11) is 0. The lowest BCUT2D eigenvalue weighted by Gasteiger charge is -2.34. The third kappa shape index (κ3) is 1.80. The number of fused-ring (bicyclic) bond motifs is 1. The Balaban J connectivity index is 2.06. The van der Waals surface area contributed by atoms with Crippen LogP contribution in [-0.2, 0) is 15.3 Å². The van der Waals surface area contributed by atoms with Crippen LogP contribution in [0.5, 0.6) is 0 Å². The lowest BCUT2D eigenvalue weighted by atomic mass is 9.94. The van der Waals surface area contributed by atoms with Crippen LogP contribution < -0.4 is 0 Å². The van der Waals surface area contributed by atoms with E-state index in [9.17, 15) is 4.79 Å². The van der Waals surface area contributed by atoms with Crippen LogP contribution in [-0.4, -0.2) is 23.5 Å². The van der Waals surface area contributed by atoms with Gasteiger partial charge in [-0.2, -0.15) is 0 Å². The molecule has 3 rings (SSSR count). The molecule has 2 aliphatic heterocycles. The van der Waals surface area contributed by atoms with Crippen molar-refractivity contribution in [1.82, 2.24) is 4.90 Å². The fourth-order valence-electron chi connectivity index (χ4n) is 3.60. The molecule has 0 radical (unpaired) electrons. The Morgan fingerprint density at radius 3 is 2.65 bits per heavy atom. The quantitative estimate of drug-likeness (QED) is 0.846. The van der Waals surface area contributed by atoms with Crippen molar-refractivity contribution in [1.29, 1.82) is 0 Å². The summed E-state index contributed by atoms with van der Waals surface area (Å²) in [5, 5.41) is 0. The number of hydrogen-bond acceptors (Lipinski definition) is 2.